The molecule has 5 rings (SSSR count). The number of ketones is 1. The van der Waals surface area contributed by atoms with Gasteiger partial charge in [-0.05, 0) is 29.8 Å². The lowest BCUT2D eigenvalue weighted by molar-refractivity contribution is 0.105. The van der Waals surface area contributed by atoms with Gasteiger partial charge in [0, 0.05) is 22.9 Å². The number of benzene rings is 3. The normalized spacial score (nSPS) is 14.2. The van der Waals surface area contributed by atoms with Crippen LogP contribution in [0.15, 0.2) is 66.7 Å². The molecule has 1 aliphatic carbocycles. The molecule has 1 aliphatic heterocycles. The van der Waals surface area contributed by atoms with Crippen molar-refractivity contribution in [3.63, 3.8) is 0 Å². The Balaban J connectivity index is 1.66. The molecule has 1 heterocycles. The Morgan fingerprint density at radius 3 is 2.57 bits per heavy atom. The molecule has 28 heavy (non-hydrogen) atoms. The first-order chi connectivity index (χ1) is 13.7. The molecular weight excluding hydrogens is 354 g/mol. The summed E-state index contributed by atoms with van der Waals surface area (Å²) in [4.78, 5) is 13.2. The van der Waals surface area contributed by atoms with Crippen LogP contribution in [-0.4, -0.2) is 19.7 Å². The SMILES string of the molecule is COc1cccc(NC2=C(c3ccc4c(c3)OCO4)C(=O)c3ccccc32)c1. The van der Waals surface area contributed by atoms with Crippen molar-refractivity contribution in [2.45, 2.75) is 0 Å². The Hall–Kier alpha value is -3.73. The van der Waals surface area contributed by atoms with Crippen LogP contribution in [-0.2, 0) is 0 Å². The van der Waals surface area contributed by atoms with Crippen molar-refractivity contribution < 1.29 is 19.0 Å². The highest BCUT2D eigenvalue weighted by atomic mass is 16.7. The summed E-state index contributed by atoms with van der Waals surface area (Å²) in [5, 5.41) is 3.43. The fourth-order valence-electron chi connectivity index (χ4n) is 3.58. The quantitative estimate of drug-likeness (QED) is 0.726. The van der Waals surface area contributed by atoms with E-state index in [-0.39, 0.29) is 12.6 Å². The number of hydrogen-bond acceptors (Lipinski definition) is 5. The lowest BCUT2D eigenvalue weighted by Crippen LogP contribution is -2.01. The smallest absolute Gasteiger partial charge is 0.231 e. The summed E-state index contributed by atoms with van der Waals surface area (Å²) in [6.45, 7) is 0.195. The number of ether oxygens (including phenoxy) is 3. The van der Waals surface area contributed by atoms with Crippen molar-refractivity contribution in [3.05, 3.63) is 83.4 Å². The van der Waals surface area contributed by atoms with E-state index in [4.69, 9.17) is 14.2 Å². The Bertz CT molecular complexity index is 1130. The minimum absolute atomic E-state index is 0.0140. The van der Waals surface area contributed by atoms with Gasteiger partial charge in [-0.2, -0.15) is 0 Å². The van der Waals surface area contributed by atoms with Gasteiger partial charge in [-0.1, -0.05) is 36.4 Å². The molecule has 5 heteroatoms. The van der Waals surface area contributed by atoms with E-state index < -0.39 is 0 Å². The molecule has 3 aromatic carbocycles. The lowest BCUT2D eigenvalue weighted by Gasteiger charge is -2.13. The van der Waals surface area contributed by atoms with Crippen LogP contribution in [0.3, 0.4) is 0 Å². The number of anilines is 1. The molecule has 1 N–H and O–H groups in total. The molecule has 2 aliphatic rings. The molecule has 5 nitrogen and oxygen atoms in total. The Morgan fingerprint density at radius 1 is 0.893 bits per heavy atom. The molecule has 0 saturated heterocycles. The molecule has 138 valence electrons. The van der Waals surface area contributed by atoms with Crippen molar-refractivity contribution >= 4 is 22.7 Å². The first kappa shape index (κ1) is 16.4. The zero-order valence-corrected chi connectivity index (χ0v) is 15.2. The minimum atomic E-state index is -0.0140. The average Bonchev–Trinajstić information content (AvgIpc) is 3.31. The van der Waals surface area contributed by atoms with E-state index in [1.54, 1.807) is 7.11 Å². The van der Waals surface area contributed by atoms with Gasteiger partial charge in [-0.15, -0.1) is 0 Å². The monoisotopic (exact) mass is 371 g/mol. The third-order valence-electron chi connectivity index (χ3n) is 4.92. The molecule has 0 radical (unpaired) electrons. The number of nitrogens with one attached hydrogen (secondary N) is 1. The Morgan fingerprint density at radius 2 is 1.71 bits per heavy atom. The highest BCUT2D eigenvalue weighted by Gasteiger charge is 2.31. The van der Waals surface area contributed by atoms with Gasteiger partial charge in [0.15, 0.2) is 17.3 Å². The van der Waals surface area contributed by atoms with Crippen LogP contribution in [0.2, 0.25) is 0 Å². The van der Waals surface area contributed by atoms with Crippen molar-refractivity contribution in [1.82, 2.24) is 0 Å². The first-order valence-corrected chi connectivity index (χ1v) is 8.94. The number of fused-ring (bicyclic) bond motifs is 2. The number of rotatable bonds is 4. The van der Waals surface area contributed by atoms with Gasteiger partial charge in [0.05, 0.1) is 18.4 Å². The fourth-order valence-corrected chi connectivity index (χ4v) is 3.58. The Labute approximate surface area is 162 Å². The number of Topliss-reactive ketones (excluding diaryl/α,β-unsaturated/α-hetero) is 1. The van der Waals surface area contributed by atoms with Gasteiger partial charge in [0.1, 0.15) is 5.75 Å². The summed E-state index contributed by atoms with van der Waals surface area (Å²) in [5.41, 5.74) is 4.58. The number of allylic oxidation sites excluding steroid dienone is 1. The first-order valence-electron chi connectivity index (χ1n) is 8.94. The van der Waals surface area contributed by atoms with Crippen LogP contribution in [0.4, 0.5) is 5.69 Å². The maximum Gasteiger partial charge on any atom is 0.231 e. The number of hydrogen-bond donors (Lipinski definition) is 1. The molecule has 0 fully saturated rings. The highest BCUT2D eigenvalue weighted by Crippen LogP contribution is 2.42. The van der Waals surface area contributed by atoms with Gasteiger partial charge in [0.25, 0.3) is 0 Å². The van der Waals surface area contributed by atoms with Gasteiger partial charge in [-0.25, -0.2) is 0 Å². The topological polar surface area (TPSA) is 56.8 Å². The van der Waals surface area contributed by atoms with Crippen LogP contribution < -0.4 is 19.5 Å². The maximum absolute atomic E-state index is 13.2. The summed E-state index contributed by atoms with van der Waals surface area (Å²) < 4.78 is 16.2. The van der Waals surface area contributed by atoms with Crippen LogP contribution in [0, 0.1) is 0 Å². The maximum atomic E-state index is 13.2. The van der Waals surface area contributed by atoms with Gasteiger partial charge < -0.3 is 19.5 Å². The van der Waals surface area contributed by atoms with Gasteiger partial charge in [0.2, 0.25) is 6.79 Å². The molecule has 0 saturated carbocycles. The number of carbonyl (C=O) groups excluding carboxylic acids is 1. The molecule has 0 unspecified atom stereocenters. The standard InChI is InChI=1S/C23H17NO4/c1-26-16-6-4-5-15(12-16)24-22-17-7-2-3-8-18(17)23(25)21(22)14-9-10-19-20(11-14)28-13-27-19/h2-12,24H,13H2,1H3. The van der Waals surface area contributed by atoms with E-state index in [1.807, 2.05) is 66.7 Å². The van der Waals surface area contributed by atoms with E-state index in [0.717, 1.165) is 28.3 Å². The van der Waals surface area contributed by atoms with E-state index in [9.17, 15) is 4.79 Å². The van der Waals surface area contributed by atoms with Gasteiger partial charge in [-0.3, -0.25) is 4.79 Å². The third-order valence-corrected chi connectivity index (χ3v) is 4.92. The van der Waals surface area contributed by atoms with Gasteiger partial charge >= 0.3 is 0 Å². The number of methoxy groups -OCH3 is 1. The molecule has 0 spiro atoms. The summed E-state index contributed by atoms with van der Waals surface area (Å²) in [6.07, 6.45) is 0. The van der Waals surface area contributed by atoms with Crippen molar-refractivity contribution in [3.8, 4) is 17.2 Å². The molecule has 0 amide bonds. The summed E-state index contributed by atoms with van der Waals surface area (Å²) in [6, 6.07) is 20.8. The predicted molar refractivity (Wildman–Crippen MR) is 107 cm³/mol. The minimum Gasteiger partial charge on any atom is -0.497 e. The van der Waals surface area contributed by atoms with Crippen molar-refractivity contribution in [2.24, 2.45) is 0 Å². The molecule has 3 aromatic rings. The summed E-state index contributed by atoms with van der Waals surface area (Å²) >= 11 is 0. The predicted octanol–water partition coefficient (Wildman–Crippen LogP) is 4.60. The van der Waals surface area contributed by atoms with E-state index in [2.05, 4.69) is 5.32 Å². The van der Waals surface area contributed by atoms with Crippen LogP contribution in [0.25, 0.3) is 11.3 Å². The van der Waals surface area contributed by atoms with E-state index >= 15 is 0 Å². The van der Waals surface area contributed by atoms with Crippen molar-refractivity contribution in [1.29, 1.82) is 0 Å². The second kappa shape index (κ2) is 6.46. The zero-order chi connectivity index (χ0) is 19.1. The van der Waals surface area contributed by atoms with Crippen molar-refractivity contribution in [2.75, 3.05) is 19.2 Å². The largest absolute Gasteiger partial charge is 0.497 e. The second-order valence-electron chi connectivity index (χ2n) is 6.55. The molecular formula is C23H17NO4. The zero-order valence-electron chi connectivity index (χ0n) is 15.2. The van der Waals surface area contributed by atoms with E-state index in [1.165, 1.54) is 0 Å². The molecule has 0 aromatic heterocycles. The third kappa shape index (κ3) is 2.60. The summed E-state index contributed by atoms with van der Waals surface area (Å²) in [7, 11) is 1.63. The average molecular weight is 371 g/mol. The number of carbonyl (C=O) groups is 1. The van der Waals surface area contributed by atoms with Crippen LogP contribution in [0.1, 0.15) is 21.5 Å². The second-order valence-corrected chi connectivity index (χ2v) is 6.55. The van der Waals surface area contributed by atoms with Crippen LogP contribution in [0.5, 0.6) is 17.2 Å². The van der Waals surface area contributed by atoms with E-state index in [0.29, 0.717) is 22.6 Å². The molecule has 0 bridgehead atoms. The fraction of sp³-hybridized carbons (Fsp3) is 0.0870. The molecule has 0 atom stereocenters. The Kier molecular flexibility index (Phi) is 3.79. The lowest BCUT2D eigenvalue weighted by atomic mass is 10.0. The highest BCUT2D eigenvalue weighted by molar-refractivity contribution is 6.40. The summed E-state index contributed by atoms with van der Waals surface area (Å²) in [5.74, 6) is 2.07. The van der Waals surface area contributed by atoms with Crippen LogP contribution >= 0.6 is 0 Å².